The zero-order valence-corrected chi connectivity index (χ0v) is 16.4. The van der Waals surface area contributed by atoms with Crippen molar-refractivity contribution in [1.29, 1.82) is 0 Å². The number of carbonyl (C=O) groups excluding carboxylic acids is 1. The van der Waals surface area contributed by atoms with Gasteiger partial charge in [-0.05, 0) is 54.0 Å². The van der Waals surface area contributed by atoms with E-state index >= 15 is 0 Å². The van der Waals surface area contributed by atoms with Crippen molar-refractivity contribution < 1.29 is 4.79 Å². The molecule has 1 aliphatic carbocycles. The van der Waals surface area contributed by atoms with Gasteiger partial charge < -0.3 is 10.6 Å². The summed E-state index contributed by atoms with van der Waals surface area (Å²) in [7, 11) is 0. The molecular weight excluding hydrogens is 348 g/mol. The lowest BCUT2D eigenvalue weighted by atomic mass is 9.96. The highest BCUT2D eigenvalue weighted by Gasteiger charge is 2.24. The van der Waals surface area contributed by atoms with Gasteiger partial charge in [-0.1, -0.05) is 32.9 Å². The summed E-state index contributed by atoms with van der Waals surface area (Å²) >= 11 is 5.99. The van der Waals surface area contributed by atoms with Gasteiger partial charge in [0, 0.05) is 29.9 Å². The first-order valence-electron chi connectivity index (χ1n) is 8.91. The number of aromatic nitrogens is 2. The van der Waals surface area contributed by atoms with Crippen LogP contribution in [0.5, 0.6) is 0 Å². The third kappa shape index (κ3) is 4.73. The molecule has 1 saturated carbocycles. The quantitative estimate of drug-likeness (QED) is 0.760. The molecule has 1 aromatic heterocycles. The molecule has 1 aromatic carbocycles. The molecule has 0 spiro atoms. The summed E-state index contributed by atoms with van der Waals surface area (Å²) in [6.45, 7) is 9.16. The molecule has 26 heavy (non-hydrogen) atoms. The standard InChI is InChI=1S/C20H25ClN4O/c1-12-9-13(5-8-15(12)18(26)24-14-6-7-14)16-10-22-19(21)25-17(16)23-11-20(2,3)4/h5,8-10,14H,6-7,11H2,1-4H3,(H,24,26)(H,22,23,25). The van der Waals surface area contributed by atoms with Crippen molar-refractivity contribution >= 4 is 23.3 Å². The Hall–Kier alpha value is -2.14. The molecule has 0 radical (unpaired) electrons. The molecule has 1 aliphatic rings. The predicted octanol–water partition coefficient (Wildman–Crippen LogP) is 4.46. The first-order valence-corrected chi connectivity index (χ1v) is 9.29. The fraction of sp³-hybridized carbons (Fsp3) is 0.450. The highest BCUT2D eigenvalue weighted by molar-refractivity contribution is 6.28. The molecular formula is C20H25ClN4O. The molecule has 1 amide bonds. The molecule has 6 heteroatoms. The monoisotopic (exact) mass is 372 g/mol. The smallest absolute Gasteiger partial charge is 0.251 e. The molecule has 3 rings (SSSR count). The van der Waals surface area contributed by atoms with Gasteiger partial charge in [-0.3, -0.25) is 4.79 Å². The fourth-order valence-corrected chi connectivity index (χ4v) is 2.77. The van der Waals surface area contributed by atoms with E-state index in [1.54, 1.807) is 6.20 Å². The summed E-state index contributed by atoms with van der Waals surface area (Å²) in [5, 5.41) is 6.61. The molecule has 1 heterocycles. The topological polar surface area (TPSA) is 66.9 Å². The minimum absolute atomic E-state index is 0.00464. The summed E-state index contributed by atoms with van der Waals surface area (Å²) in [6, 6.07) is 6.14. The van der Waals surface area contributed by atoms with Crippen molar-refractivity contribution in [2.24, 2.45) is 5.41 Å². The molecule has 0 aliphatic heterocycles. The maximum Gasteiger partial charge on any atom is 0.251 e. The number of aryl methyl sites for hydroxylation is 1. The Bertz CT molecular complexity index is 825. The van der Waals surface area contributed by atoms with E-state index in [9.17, 15) is 4.79 Å². The number of amides is 1. The van der Waals surface area contributed by atoms with Crippen LogP contribution < -0.4 is 10.6 Å². The van der Waals surface area contributed by atoms with E-state index in [0.717, 1.165) is 36.1 Å². The number of nitrogens with zero attached hydrogens (tertiary/aromatic N) is 2. The molecule has 0 atom stereocenters. The van der Waals surface area contributed by atoms with Crippen LogP contribution in [0.2, 0.25) is 5.28 Å². The van der Waals surface area contributed by atoms with E-state index in [4.69, 9.17) is 11.6 Å². The number of hydrogen-bond acceptors (Lipinski definition) is 4. The van der Waals surface area contributed by atoms with Gasteiger partial charge in [0.05, 0.1) is 0 Å². The second kappa shape index (κ2) is 7.23. The lowest BCUT2D eigenvalue weighted by Crippen LogP contribution is -2.26. The number of anilines is 1. The average Bonchev–Trinajstić information content (AvgIpc) is 3.36. The van der Waals surface area contributed by atoms with Crippen LogP contribution in [0.4, 0.5) is 5.82 Å². The maximum atomic E-state index is 12.3. The molecule has 0 bridgehead atoms. The van der Waals surface area contributed by atoms with E-state index in [-0.39, 0.29) is 16.6 Å². The van der Waals surface area contributed by atoms with Gasteiger partial charge in [-0.25, -0.2) is 9.97 Å². The second-order valence-electron chi connectivity index (χ2n) is 8.09. The first-order chi connectivity index (χ1) is 12.2. The molecule has 2 aromatic rings. The van der Waals surface area contributed by atoms with Crippen LogP contribution in [-0.2, 0) is 0 Å². The minimum atomic E-state index is -0.00464. The van der Waals surface area contributed by atoms with Crippen molar-refractivity contribution in [1.82, 2.24) is 15.3 Å². The zero-order valence-electron chi connectivity index (χ0n) is 15.7. The molecule has 138 valence electrons. The Labute approximate surface area is 159 Å². The van der Waals surface area contributed by atoms with Crippen LogP contribution in [0.25, 0.3) is 11.1 Å². The maximum absolute atomic E-state index is 12.3. The Kier molecular flexibility index (Phi) is 5.19. The van der Waals surface area contributed by atoms with Crippen molar-refractivity contribution in [2.75, 3.05) is 11.9 Å². The largest absolute Gasteiger partial charge is 0.369 e. The number of carbonyl (C=O) groups is 1. The summed E-state index contributed by atoms with van der Waals surface area (Å²) in [5.74, 6) is 0.699. The zero-order chi connectivity index (χ0) is 18.9. The number of benzene rings is 1. The first kappa shape index (κ1) is 18.6. The van der Waals surface area contributed by atoms with Crippen molar-refractivity contribution in [3.8, 4) is 11.1 Å². The third-order valence-electron chi connectivity index (χ3n) is 4.24. The Morgan fingerprint density at radius 3 is 2.65 bits per heavy atom. The van der Waals surface area contributed by atoms with Crippen molar-refractivity contribution in [3.05, 3.63) is 40.8 Å². The minimum Gasteiger partial charge on any atom is -0.369 e. The SMILES string of the molecule is Cc1cc(-c2cnc(Cl)nc2NCC(C)(C)C)ccc1C(=O)NC1CC1. The summed E-state index contributed by atoms with van der Waals surface area (Å²) in [4.78, 5) is 20.8. The van der Waals surface area contributed by atoms with E-state index in [1.165, 1.54) is 0 Å². The van der Waals surface area contributed by atoms with Gasteiger partial charge in [0.1, 0.15) is 5.82 Å². The highest BCUT2D eigenvalue weighted by atomic mass is 35.5. The molecule has 1 fully saturated rings. The number of halogens is 1. The van der Waals surface area contributed by atoms with E-state index in [2.05, 4.69) is 41.4 Å². The van der Waals surface area contributed by atoms with Crippen LogP contribution in [0.3, 0.4) is 0 Å². The van der Waals surface area contributed by atoms with E-state index in [1.807, 2.05) is 25.1 Å². The van der Waals surface area contributed by atoms with Gasteiger partial charge in [0.2, 0.25) is 5.28 Å². The van der Waals surface area contributed by atoms with Crippen molar-refractivity contribution in [2.45, 2.75) is 46.6 Å². The van der Waals surface area contributed by atoms with Gasteiger partial charge in [-0.15, -0.1) is 0 Å². The van der Waals surface area contributed by atoms with Gasteiger partial charge in [0.25, 0.3) is 5.91 Å². The highest BCUT2D eigenvalue weighted by Crippen LogP contribution is 2.29. The van der Waals surface area contributed by atoms with Crippen LogP contribution in [-0.4, -0.2) is 28.5 Å². The number of rotatable bonds is 5. The lowest BCUT2D eigenvalue weighted by Gasteiger charge is -2.20. The van der Waals surface area contributed by atoms with Gasteiger partial charge in [-0.2, -0.15) is 0 Å². The molecule has 2 N–H and O–H groups in total. The third-order valence-corrected chi connectivity index (χ3v) is 4.42. The van der Waals surface area contributed by atoms with Gasteiger partial charge in [0.15, 0.2) is 0 Å². The summed E-state index contributed by atoms with van der Waals surface area (Å²) < 4.78 is 0. The number of hydrogen-bond donors (Lipinski definition) is 2. The molecule has 0 unspecified atom stereocenters. The van der Waals surface area contributed by atoms with Crippen LogP contribution in [0, 0.1) is 12.3 Å². The Morgan fingerprint density at radius 2 is 2.04 bits per heavy atom. The lowest BCUT2D eigenvalue weighted by molar-refractivity contribution is 0.0950. The van der Waals surface area contributed by atoms with Crippen LogP contribution in [0.1, 0.15) is 49.5 Å². The van der Waals surface area contributed by atoms with E-state index < -0.39 is 0 Å². The Morgan fingerprint density at radius 1 is 1.31 bits per heavy atom. The van der Waals surface area contributed by atoms with Gasteiger partial charge >= 0.3 is 0 Å². The number of nitrogens with one attached hydrogen (secondary N) is 2. The molecule has 0 saturated heterocycles. The average molecular weight is 373 g/mol. The fourth-order valence-electron chi connectivity index (χ4n) is 2.63. The van der Waals surface area contributed by atoms with E-state index in [0.29, 0.717) is 17.4 Å². The Balaban J connectivity index is 1.88. The normalized spacial score (nSPS) is 14.2. The van der Waals surface area contributed by atoms with Crippen molar-refractivity contribution in [3.63, 3.8) is 0 Å². The second-order valence-corrected chi connectivity index (χ2v) is 8.43. The van der Waals surface area contributed by atoms with Crippen LogP contribution in [0.15, 0.2) is 24.4 Å². The predicted molar refractivity (Wildman–Crippen MR) is 106 cm³/mol. The molecule has 5 nitrogen and oxygen atoms in total. The summed E-state index contributed by atoms with van der Waals surface area (Å²) in [5.41, 5.74) is 3.57. The van der Waals surface area contributed by atoms with Crippen LogP contribution >= 0.6 is 11.6 Å². The summed E-state index contributed by atoms with van der Waals surface area (Å²) in [6.07, 6.45) is 3.88.